The Labute approximate surface area is 248 Å². The molecule has 0 radical (unpaired) electrons. The van der Waals surface area contributed by atoms with E-state index in [1.165, 1.54) is 44.4 Å². The highest BCUT2D eigenvalue weighted by Crippen LogP contribution is 2.36. The molecule has 0 aliphatic carbocycles. The van der Waals surface area contributed by atoms with Gasteiger partial charge in [-0.25, -0.2) is 8.42 Å². The van der Waals surface area contributed by atoms with Gasteiger partial charge >= 0.3 is 0 Å². The van der Waals surface area contributed by atoms with Crippen molar-refractivity contribution in [2.24, 2.45) is 5.92 Å². The standard InChI is InChI=1S/C31H39N3O7S/c1-22(2)19-32-31(36)23(3)33(20-24-11-10-12-25(17-24)39-4)30(35)21-34(42(37,38)27-13-8-7-9-14-27)28-18-26(40-5)15-16-29(28)41-6/h7-18,22-23H,19-21H2,1-6H3,(H,32,36)/t23-/m0/s1. The first kappa shape index (κ1) is 32.3. The van der Waals surface area contributed by atoms with Crippen molar-refractivity contribution < 1.29 is 32.2 Å². The number of hydrogen-bond acceptors (Lipinski definition) is 7. The van der Waals surface area contributed by atoms with Gasteiger partial charge in [-0.1, -0.05) is 44.2 Å². The molecule has 0 aliphatic rings. The maximum Gasteiger partial charge on any atom is 0.264 e. The Morgan fingerprint density at radius 2 is 1.50 bits per heavy atom. The van der Waals surface area contributed by atoms with Gasteiger partial charge in [0.15, 0.2) is 0 Å². The van der Waals surface area contributed by atoms with Crippen molar-refractivity contribution in [1.29, 1.82) is 0 Å². The molecule has 0 heterocycles. The first-order valence-electron chi connectivity index (χ1n) is 13.5. The maximum atomic E-state index is 14.1. The number of nitrogens with one attached hydrogen (secondary N) is 1. The Morgan fingerprint density at radius 1 is 0.833 bits per heavy atom. The zero-order valence-corrected chi connectivity index (χ0v) is 25.7. The number of sulfonamides is 1. The number of amides is 2. The minimum atomic E-state index is -4.26. The molecule has 0 saturated heterocycles. The molecule has 1 atom stereocenters. The van der Waals surface area contributed by atoms with Crippen molar-refractivity contribution in [3.05, 3.63) is 78.4 Å². The number of rotatable bonds is 14. The fourth-order valence-corrected chi connectivity index (χ4v) is 5.66. The van der Waals surface area contributed by atoms with E-state index in [0.717, 1.165) is 4.31 Å². The Balaban J connectivity index is 2.10. The van der Waals surface area contributed by atoms with Gasteiger partial charge in [0.1, 0.15) is 29.8 Å². The summed E-state index contributed by atoms with van der Waals surface area (Å²) in [6.45, 7) is 5.43. The van der Waals surface area contributed by atoms with Crippen LogP contribution in [0.3, 0.4) is 0 Å². The van der Waals surface area contributed by atoms with E-state index < -0.39 is 28.5 Å². The van der Waals surface area contributed by atoms with Crippen LogP contribution < -0.4 is 23.8 Å². The zero-order chi connectivity index (χ0) is 30.9. The Bertz CT molecular complexity index is 1460. The summed E-state index contributed by atoms with van der Waals surface area (Å²) in [5, 5.41) is 2.87. The first-order valence-corrected chi connectivity index (χ1v) is 15.0. The smallest absolute Gasteiger partial charge is 0.264 e. The van der Waals surface area contributed by atoms with E-state index in [9.17, 15) is 18.0 Å². The summed E-state index contributed by atoms with van der Waals surface area (Å²) in [6, 6.07) is 18.7. The van der Waals surface area contributed by atoms with Gasteiger partial charge in [0, 0.05) is 19.2 Å². The topological polar surface area (TPSA) is 114 Å². The van der Waals surface area contributed by atoms with Gasteiger partial charge in [0.25, 0.3) is 10.0 Å². The number of benzene rings is 3. The molecule has 0 aliphatic heterocycles. The number of carbonyl (C=O) groups is 2. The second kappa shape index (κ2) is 14.6. The molecule has 3 aromatic rings. The molecule has 0 aromatic heterocycles. The van der Waals surface area contributed by atoms with Crippen LogP contribution >= 0.6 is 0 Å². The minimum Gasteiger partial charge on any atom is -0.497 e. The van der Waals surface area contributed by atoms with Crippen LogP contribution in [0.2, 0.25) is 0 Å². The zero-order valence-electron chi connectivity index (χ0n) is 24.9. The normalized spacial score (nSPS) is 11.9. The predicted octanol–water partition coefficient (Wildman–Crippen LogP) is 4.10. The quantitative estimate of drug-likeness (QED) is 0.298. The third-order valence-electron chi connectivity index (χ3n) is 6.60. The molecule has 0 fully saturated rings. The molecule has 0 bridgehead atoms. The lowest BCUT2D eigenvalue weighted by Crippen LogP contribution is -2.51. The molecular formula is C31H39N3O7S. The number of anilines is 1. The number of carbonyl (C=O) groups excluding carboxylic acids is 2. The van der Waals surface area contributed by atoms with Crippen LogP contribution in [0.4, 0.5) is 5.69 Å². The van der Waals surface area contributed by atoms with Crippen LogP contribution in [0, 0.1) is 5.92 Å². The van der Waals surface area contributed by atoms with Gasteiger partial charge in [-0.15, -0.1) is 0 Å². The van der Waals surface area contributed by atoms with Crippen molar-refractivity contribution in [1.82, 2.24) is 10.2 Å². The van der Waals surface area contributed by atoms with Crippen molar-refractivity contribution in [2.75, 3.05) is 38.7 Å². The summed E-state index contributed by atoms with van der Waals surface area (Å²) in [7, 11) is 0.150. The van der Waals surface area contributed by atoms with Crippen LogP contribution in [0.25, 0.3) is 0 Å². The summed E-state index contributed by atoms with van der Waals surface area (Å²) in [5.74, 6) is 0.457. The van der Waals surface area contributed by atoms with Crippen molar-refractivity contribution in [3.8, 4) is 17.2 Å². The highest BCUT2D eigenvalue weighted by atomic mass is 32.2. The lowest BCUT2D eigenvalue weighted by atomic mass is 10.1. The van der Waals surface area contributed by atoms with Crippen LogP contribution in [0.1, 0.15) is 26.3 Å². The molecule has 1 N–H and O–H groups in total. The predicted molar refractivity (Wildman–Crippen MR) is 161 cm³/mol. The van der Waals surface area contributed by atoms with Crippen molar-refractivity contribution in [3.63, 3.8) is 0 Å². The summed E-state index contributed by atoms with van der Waals surface area (Å²) in [4.78, 5) is 28.7. The summed E-state index contributed by atoms with van der Waals surface area (Å²) < 4.78 is 45.3. The highest BCUT2D eigenvalue weighted by molar-refractivity contribution is 7.92. The van der Waals surface area contributed by atoms with Crippen molar-refractivity contribution >= 4 is 27.5 Å². The van der Waals surface area contributed by atoms with Crippen LogP contribution in [-0.2, 0) is 26.2 Å². The van der Waals surface area contributed by atoms with Gasteiger partial charge in [0.2, 0.25) is 11.8 Å². The molecule has 0 saturated carbocycles. The second-order valence-corrected chi connectivity index (χ2v) is 11.9. The average molecular weight is 598 g/mol. The fraction of sp³-hybridized carbons (Fsp3) is 0.355. The van der Waals surface area contributed by atoms with E-state index in [-0.39, 0.29) is 34.7 Å². The molecule has 226 valence electrons. The Hall–Kier alpha value is -4.25. The molecule has 0 spiro atoms. The lowest BCUT2D eigenvalue weighted by molar-refractivity contribution is -0.139. The number of nitrogens with zero attached hydrogens (tertiary/aromatic N) is 2. The first-order chi connectivity index (χ1) is 20.0. The third kappa shape index (κ3) is 7.94. The number of ether oxygens (including phenoxy) is 3. The SMILES string of the molecule is COc1cccc(CN(C(=O)CN(c2cc(OC)ccc2OC)S(=O)(=O)c2ccccc2)[C@@H](C)C(=O)NCC(C)C)c1. The highest BCUT2D eigenvalue weighted by Gasteiger charge is 2.34. The average Bonchev–Trinajstić information content (AvgIpc) is 3.00. The van der Waals surface area contributed by atoms with E-state index in [0.29, 0.717) is 23.6 Å². The molecule has 10 nitrogen and oxygen atoms in total. The minimum absolute atomic E-state index is 0.00950. The molecule has 42 heavy (non-hydrogen) atoms. The van der Waals surface area contributed by atoms with Gasteiger partial charge in [-0.2, -0.15) is 0 Å². The van der Waals surface area contributed by atoms with E-state index in [2.05, 4.69) is 5.32 Å². The second-order valence-electron chi connectivity index (χ2n) is 10.1. The third-order valence-corrected chi connectivity index (χ3v) is 8.38. The van der Waals surface area contributed by atoms with E-state index >= 15 is 0 Å². The van der Waals surface area contributed by atoms with Gasteiger partial charge in [0.05, 0.1) is 31.9 Å². The van der Waals surface area contributed by atoms with Gasteiger partial charge in [-0.05, 0) is 54.8 Å². The molecule has 2 amide bonds. The van der Waals surface area contributed by atoms with Crippen LogP contribution in [0.15, 0.2) is 77.7 Å². The monoisotopic (exact) mass is 597 g/mol. The maximum absolute atomic E-state index is 14.1. The summed E-state index contributed by atoms with van der Waals surface area (Å²) in [6.07, 6.45) is 0. The van der Waals surface area contributed by atoms with E-state index in [1.807, 2.05) is 19.9 Å². The Morgan fingerprint density at radius 3 is 2.12 bits per heavy atom. The fourth-order valence-electron chi connectivity index (χ4n) is 4.23. The summed E-state index contributed by atoms with van der Waals surface area (Å²) in [5.41, 5.74) is 0.829. The largest absolute Gasteiger partial charge is 0.497 e. The van der Waals surface area contributed by atoms with E-state index in [4.69, 9.17) is 14.2 Å². The molecular weight excluding hydrogens is 558 g/mol. The van der Waals surface area contributed by atoms with E-state index in [1.54, 1.807) is 55.5 Å². The molecule has 3 aromatic carbocycles. The summed E-state index contributed by atoms with van der Waals surface area (Å²) >= 11 is 0. The van der Waals surface area contributed by atoms with Gasteiger partial charge in [-0.3, -0.25) is 13.9 Å². The van der Waals surface area contributed by atoms with Gasteiger partial charge < -0.3 is 24.4 Å². The molecule has 11 heteroatoms. The molecule has 0 unspecified atom stereocenters. The molecule has 3 rings (SSSR count). The number of hydrogen-bond donors (Lipinski definition) is 1. The van der Waals surface area contributed by atoms with Crippen LogP contribution in [-0.4, -0.2) is 65.6 Å². The Kier molecular flexibility index (Phi) is 11.2. The van der Waals surface area contributed by atoms with Crippen molar-refractivity contribution in [2.45, 2.75) is 38.3 Å². The lowest BCUT2D eigenvalue weighted by Gasteiger charge is -2.32. The number of methoxy groups -OCH3 is 3. The van der Waals surface area contributed by atoms with Crippen LogP contribution in [0.5, 0.6) is 17.2 Å².